The Hall–Kier alpha value is -2.95. The third-order valence-corrected chi connectivity index (χ3v) is 11.5. The summed E-state index contributed by atoms with van der Waals surface area (Å²) in [5.74, 6) is -1.64. The molecule has 0 unspecified atom stereocenters. The number of aliphatic hydroxyl groups is 3. The molecule has 0 amide bonds. The Morgan fingerprint density at radius 2 is 1.95 bits per heavy atom. The monoisotopic (exact) mass is 591 g/mol. The van der Waals surface area contributed by atoms with E-state index in [0.717, 1.165) is 11.1 Å². The van der Waals surface area contributed by atoms with Crippen molar-refractivity contribution in [1.29, 1.82) is 0 Å². The summed E-state index contributed by atoms with van der Waals surface area (Å²) in [6, 6.07) is 9.54. The molecule has 7 rings (SSSR count). The molecule has 2 heterocycles. The van der Waals surface area contributed by atoms with Crippen LogP contribution in [0.1, 0.15) is 62.5 Å². The van der Waals surface area contributed by atoms with Gasteiger partial charge < -0.3 is 29.4 Å². The number of rotatable bonds is 6. The summed E-state index contributed by atoms with van der Waals surface area (Å²) in [5, 5.41) is 31.4. The molecule has 4 fully saturated rings. The molecule has 5 aliphatic rings. The lowest BCUT2D eigenvalue weighted by Crippen LogP contribution is -2.69. The van der Waals surface area contributed by atoms with Crippen molar-refractivity contribution in [2.45, 2.75) is 82.5 Å². The number of ether oxygens (including phenoxy) is 2. The number of ketones is 2. The fraction of sp³-hybridized carbons (Fsp3) is 0.529. The molecule has 9 heteroatoms. The number of fused-ring (bicyclic) bond motifs is 7. The second-order valence-electron chi connectivity index (χ2n) is 13.5. The van der Waals surface area contributed by atoms with Gasteiger partial charge in [-0.25, -0.2) is 4.39 Å². The summed E-state index contributed by atoms with van der Waals surface area (Å²) in [6.07, 6.45) is 6.53. The van der Waals surface area contributed by atoms with Gasteiger partial charge in [-0.3, -0.25) is 9.59 Å². The third kappa shape index (κ3) is 3.78. The van der Waals surface area contributed by atoms with E-state index in [9.17, 15) is 24.9 Å². The number of carbonyl (C=O) groups is 2. The number of nitrogens with zero attached hydrogens (tertiary/aromatic N) is 1. The summed E-state index contributed by atoms with van der Waals surface area (Å²) in [5.41, 5.74) is -2.47. The van der Waals surface area contributed by atoms with Gasteiger partial charge in [0.05, 0.1) is 18.8 Å². The van der Waals surface area contributed by atoms with E-state index < -0.39 is 58.9 Å². The van der Waals surface area contributed by atoms with Crippen molar-refractivity contribution in [3.63, 3.8) is 0 Å². The van der Waals surface area contributed by atoms with Gasteiger partial charge in [-0.2, -0.15) is 0 Å². The fourth-order valence-electron chi connectivity index (χ4n) is 9.46. The highest BCUT2D eigenvalue weighted by Crippen LogP contribution is 2.72. The van der Waals surface area contributed by atoms with Crippen LogP contribution in [-0.2, 0) is 32.2 Å². The summed E-state index contributed by atoms with van der Waals surface area (Å²) in [7, 11) is 0. The van der Waals surface area contributed by atoms with E-state index in [-0.39, 0.29) is 24.7 Å². The lowest BCUT2D eigenvalue weighted by molar-refractivity contribution is -0.231. The lowest BCUT2D eigenvalue weighted by Gasteiger charge is -2.62. The lowest BCUT2D eigenvalue weighted by atomic mass is 9.44. The third-order valence-electron chi connectivity index (χ3n) is 11.5. The Balaban J connectivity index is 1.20. The maximum atomic E-state index is 17.5. The van der Waals surface area contributed by atoms with Crippen LogP contribution in [0.5, 0.6) is 0 Å². The molecule has 1 aromatic heterocycles. The first kappa shape index (κ1) is 28.8. The van der Waals surface area contributed by atoms with Gasteiger partial charge in [-0.05, 0) is 67.9 Å². The standard InChI is InChI=1S/C34H38FNO7/c1-31-10-8-24(39)13-23(31)6-7-25-26-14-29-34(28(41)19-38,32(26,2)15-27(40)33(25,31)35)43-30(42-29)22-9-11-36(17-22)16-20-4-3-5-21(12-20)18-37/h3-5,8-13,17,25-27,29-30,37-38,40H,6-7,14-16,18-19H2,1-2H3/t25-,26-,27-,29+,30+,31-,32-,33-,34+/m0/s1. The van der Waals surface area contributed by atoms with Gasteiger partial charge in [-0.15, -0.1) is 0 Å². The average Bonchev–Trinajstić information content (AvgIpc) is 3.67. The van der Waals surface area contributed by atoms with E-state index in [4.69, 9.17) is 9.47 Å². The number of carbonyl (C=O) groups excluding carboxylic acids is 2. The predicted molar refractivity (Wildman–Crippen MR) is 153 cm³/mol. The Bertz CT molecular complexity index is 1550. The number of allylic oxidation sites excluding steroid dienone is 4. The SMILES string of the molecule is C[C@]12C=CC(=O)C=C1CC[C@H]1[C@@H]3C[C@H]4O[C@@H](c5ccn(Cc6cccc(CO)c6)c5)O[C@@]4(C(=O)CO)[C@@]3(C)C[C@H](O)[C@@]12F. The van der Waals surface area contributed by atoms with Crippen LogP contribution in [0.15, 0.2) is 66.5 Å². The summed E-state index contributed by atoms with van der Waals surface area (Å²) < 4.78 is 32.6. The van der Waals surface area contributed by atoms with E-state index in [2.05, 4.69) is 0 Å². The topological polar surface area (TPSA) is 118 Å². The quantitative estimate of drug-likeness (QED) is 0.469. The van der Waals surface area contributed by atoms with Crippen LogP contribution in [0.3, 0.4) is 0 Å². The summed E-state index contributed by atoms with van der Waals surface area (Å²) in [6.45, 7) is 3.41. The van der Waals surface area contributed by atoms with Crippen molar-refractivity contribution in [2.75, 3.05) is 6.61 Å². The largest absolute Gasteiger partial charge is 0.392 e. The molecule has 4 aliphatic carbocycles. The average molecular weight is 592 g/mol. The smallest absolute Gasteiger partial charge is 0.193 e. The Morgan fingerprint density at radius 1 is 1.16 bits per heavy atom. The van der Waals surface area contributed by atoms with Gasteiger partial charge >= 0.3 is 0 Å². The van der Waals surface area contributed by atoms with Gasteiger partial charge in [0.2, 0.25) is 0 Å². The van der Waals surface area contributed by atoms with Crippen LogP contribution in [-0.4, -0.2) is 61.5 Å². The Morgan fingerprint density at radius 3 is 2.72 bits per heavy atom. The van der Waals surface area contributed by atoms with Gasteiger partial charge in [0.15, 0.2) is 29.1 Å². The Kier molecular flexibility index (Phi) is 6.55. The normalized spacial score (nSPS) is 41.3. The number of hydrogen-bond acceptors (Lipinski definition) is 7. The van der Waals surface area contributed by atoms with Crippen molar-refractivity contribution < 1.29 is 38.8 Å². The Labute approximate surface area is 249 Å². The molecule has 228 valence electrons. The van der Waals surface area contributed by atoms with Crippen LogP contribution in [0.2, 0.25) is 0 Å². The van der Waals surface area contributed by atoms with Crippen LogP contribution in [0.25, 0.3) is 0 Å². The molecule has 2 aromatic rings. The molecule has 1 aromatic carbocycles. The zero-order chi connectivity index (χ0) is 30.4. The molecular formula is C34H38FNO7. The molecule has 3 saturated carbocycles. The van der Waals surface area contributed by atoms with Crippen molar-refractivity contribution in [3.05, 3.63) is 83.2 Å². The van der Waals surface area contributed by atoms with Crippen LogP contribution in [0, 0.1) is 22.7 Å². The highest BCUT2D eigenvalue weighted by molar-refractivity contribution is 6.01. The minimum Gasteiger partial charge on any atom is -0.392 e. The predicted octanol–water partition coefficient (Wildman–Crippen LogP) is 3.72. The van der Waals surface area contributed by atoms with E-state index in [1.54, 1.807) is 13.0 Å². The number of alkyl halides is 1. The molecular weight excluding hydrogens is 553 g/mol. The number of hydrogen-bond donors (Lipinski definition) is 3. The zero-order valence-corrected chi connectivity index (χ0v) is 24.4. The van der Waals surface area contributed by atoms with Gasteiger partial charge in [0.25, 0.3) is 0 Å². The fourth-order valence-corrected chi connectivity index (χ4v) is 9.46. The molecule has 1 aliphatic heterocycles. The molecule has 0 radical (unpaired) electrons. The molecule has 0 bridgehead atoms. The minimum absolute atomic E-state index is 0.0385. The summed E-state index contributed by atoms with van der Waals surface area (Å²) in [4.78, 5) is 25.9. The van der Waals surface area contributed by atoms with Crippen molar-refractivity contribution >= 4 is 11.6 Å². The number of halogens is 1. The van der Waals surface area contributed by atoms with Crippen molar-refractivity contribution in [2.24, 2.45) is 22.7 Å². The van der Waals surface area contributed by atoms with Gasteiger partial charge in [0, 0.05) is 41.2 Å². The molecule has 9 atom stereocenters. The van der Waals surface area contributed by atoms with Crippen molar-refractivity contribution in [1.82, 2.24) is 4.57 Å². The van der Waals surface area contributed by atoms with E-state index in [1.165, 1.54) is 12.2 Å². The van der Waals surface area contributed by atoms with Gasteiger partial charge in [0.1, 0.15) is 6.61 Å². The van der Waals surface area contributed by atoms with Crippen LogP contribution >= 0.6 is 0 Å². The first-order chi connectivity index (χ1) is 20.5. The van der Waals surface area contributed by atoms with E-state index in [0.29, 0.717) is 36.9 Å². The second-order valence-corrected chi connectivity index (χ2v) is 13.5. The maximum Gasteiger partial charge on any atom is 0.193 e. The molecule has 3 N–H and O–H groups in total. The zero-order valence-electron chi connectivity index (χ0n) is 24.4. The highest BCUT2D eigenvalue weighted by atomic mass is 19.1. The number of aliphatic hydroxyl groups excluding tert-OH is 3. The second kappa shape index (κ2) is 9.78. The minimum atomic E-state index is -2.04. The summed E-state index contributed by atoms with van der Waals surface area (Å²) >= 11 is 0. The first-order valence-corrected chi connectivity index (χ1v) is 15.1. The molecule has 43 heavy (non-hydrogen) atoms. The number of benzene rings is 1. The van der Waals surface area contributed by atoms with Gasteiger partial charge in [-0.1, -0.05) is 42.8 Å². The first-order valence-electron chi connectivity index (χ1n) is 15.1. The van der Waals surface area contributed by atoms with E-state index in [1.807, 2.05) is 54.2 Å². The van der Waals surface area contributed by atoms with Crippen LogP contribution < -0.4 is 0 Å². The molecule has 8 nitrogen and oxygen atoms in total. The molecule has 0 spiro atoms. The number of aromatic nitrogens is 1. The highest BCUT2D eigenvalue weighted by Gasteiger charge is 2.79. The van der Waals surface area contributed by atoms with Crippen LogP contribution in [0.4, 0.5) is 4.39 Å². The molecule has 1 saturated heterocycles. The van der Waals surface area contributed by atoms with E-state index >= 15 is 4.39 Å². The van der Waals surface area contributed by atoms with Crippen molar-refractivity contribution in [3.8, 4) is 0 Å². The maximum absolute atomic E-state index is 17.5. The number of Topliss-reactive ketones (excluding diaryl/α,β-unsaturated/α-hetero) is 1.